The third-order valence-electron chi connectivity index (χ3n) is 6.01. The molecule has 0 aromatic carbocycles. The first kappa shape index (κ1) is 23.7. The van der Waals surface area contributed by atoms with Crippen LogP contribution in [0.15, 0.2) is 0 Å². The second kappa shape index (κ2) is 8.51. The predicted octanol–water partition coefficient (Wildman–Crippen LogP) is 0.330. The fraction of sp³-hybridized carbons (Fsp3) is 0.750. The van der Waals surface area contributed by atoms with Gasteiger partial charge in [-0.15, -0.1) is 0 Å². The van der Waals surface area contributed by atoms with Crippen LogP contribution in [0, 0.1) is 0 Å². The van der Waals surface area contributed by atoms with Crippen LogP contribution in [-0.4, -0.2) is 89.1 Å². The van der Waals surface area contributed by atoms with Gasteiger partial charge in [0.2, 0.25) is 0 Å². The Morgan fingerprint density at radius 3 is 2.58 bits per heavy atom. The Labute approximate surface area is 182 Å². The second-order valence-electron chi connectivity index (χ2n) is 8.72. The first-order chi connectivity index (χ1) is 14.5. The summed E-state index contributed by atoms with van der Waals surface area (Å²) in [7, 11) is -2.04. The number of nitrogens with zero attached hydrogens (tertiary/aromatic N) is 3. The fourth-order valence-corrected chi connectivity index (χ4v) is 6.51. The van der Waals surface area contributed by atoms with Gasteiger partial charge in [0, 0.05) is 25.7 Å². The van der Waals surface area contributed by atoms with Crippen molar-refractivity contribution in [3.63, 3.8) is 0 Å². The lowest BCUT2D eigenvalue weighted by molar-refractivity contribution is 0.0517. The molecule has 11 heteroatoms. The minimum atomic E-state index is -3.63. The van der Waals surface area contributed by atoms with Gasteiger partial charge in [-0.3, -0.25) is 9.48 Å². The molecule has 1 aliphatic heterocycles. The average molecular weight is 458 g/mol. The van der Waals surface area contributed by atoms with Gasteiger partial charge in [0.15, 0.2) is 15.5 Å². The lowest BCUT2D eigenvalue weighted by atomic mass is 10.0. The molecule has 1 aromatic rings. The van der Waals surface area contributed by atoms with Crippen molar-refractivity contribution < 1.29 is 32.6 Å². The number of carbonyl (C=O) groups is 2. The van der Waals surface area contributed by atoms with E-state index in [4.69, 9.17) is 14.6 Å². The highest BCUT2D eigenvalue weighted by atomic mass is 32.2. The molecule has 0 spiro atoms. The molecule has 2 aliphatic rings. The van der Waals surface area contributed by atoms with Gasteiger partial charge in [0.05, 0.1) is 35.9 Å². The molecule has 0 atom stereocenters. The summed E-state index contributed by atoms with van der Waals surface area (Å²) >= 11 is 0. The number of aromatic nitrogens is 2. The molecule has 0 bridgehead atoms. The molecule has 1 aliphatic carbocycles. The Morgan fingerprint density at radius 1 is 1.32 bits per heavy atom. The molecule has 174 valence electrons. The number of hydrogen-bond acceptors (Lipinski definition) is 8. The number of aliphatic hydroxyl groups is 1. The third-order valence-corrected chi connectivity index (χ3v) is 9.26. The van der Waals surface area contributed by atoms with E-state index in [-0.39, 0.29) is 44.6 Å². The standard InChI is InChI=1S/C20H31N3O7S/c1-5-30-18(26)15-14-6-9-23(17(25)16(14)22(4)21-15)12-20(7-8-20)31(27,28)19(2,3)13-29-11-10-24/h24H,5-13H2,1-4H3. The maximum absolute atomic E-state index is 13.4. The van der Waals surface area contributed by atoms with Crippen LogP contribution in [0.3, 0.4) is 0 Å². The molecular formula is C20H31N3O7S. The van der Waals surface area contributed by atoms with E-state index in [1.165, 1.54) is 4.68 Å². The van der Waals surface area contributed by atoms with Gasteiger partial charge in [-0.1, -0.05) is 0 Å². The zero-order chi connectivity index (χ0) is 23.0. The van der Waals surface area contributed by atoms with E-state index in [2.05, 4.69) is 5.10 Å². The van der Waals surface area contributed by atoms with Crippen molar-refractivity contribution in [2.75, 3.05) is 39.5 Å². The SMILES string of the molecule is CCOC(=O)c1nn(C)c2c1CCN(CC1(S(=O)(=O)C(C)(C)COCCO)CC1)C2=O. The van der Waals surface area contributed by atoms with Gasteiger partial charge in [0.25, 0.3) is 5.91 Å². The lowest BCUT2D eigenvalue weighted by Crippen LogP contribution is -2.51. The van der Waals surface area contributed by atoms with Crippen LogP contribution in [0.2, 0.25) is 0 Å². The molecule has 1 amide bonds. The van der Waals surface area contributed by atoms with Gasteiger partial charge in [-0.2, -0.15) is 5.10 Å². The summed E-state index contributed by atoms with van der Waals surface area (Å²) in [5.41, 5.74) is 0.990. The predicted molar refractivity (Wildman–Crippen MR) is 112 cm³/mol. The quantitative estimate of drug-likeness (QED) is 0.393. The van der Waals surface area contributed by atoms with Crippen molar-refractivity contribution in [3.05, 3.63) is 17.0 Å². The maximum Gasteiger partial charge on any atom is 0.359 e. The van der Waals surface area contributed by atoms with Crippen LogP contribution in [0.1, 0.15) is 60.2 Å². The topological polar surface area (TPSA) is 128 Å². The van der Waals surface area contributed by atoms with Crippen LogP contribution >= 0.6 is 0 Å². The first-order valence-electron chi connectivity index (χ1n) is 10.5. The van der Waals surface area contributed by atoms with E-state index < -0.39 is 25.3 Å². The normalized spacial score (nSPS) is 18.1. The van der Waals surface area contributed by atoms with Crippen LogP contribution in [0.4, 0.5) is 0 Å². The van der Waals surface area contributed by atoms with Crippen molar-refractivity contribution >= 4 is 21.7 Å². The molecule has 0 unspecified atom stereocenters. The molecule has 0 saturated heterocycles. The van der Waals surface area contributed by atoms with E-state index >= 15 is 0 Å². The Morgan fingerprint density at radius 2 is 2.00 bits per heavy atom. The van der Waals surface area contributed by atoms with Crippen LogP contribution in [-0.2, 0) is 32.8 Å². The van der Waals surface area contributed by atoms with E-state index in [1.807, 2.05) is 0 Å². The van der Waals surface area contributed by atoms with E-state index in [1.54, 1.807) is 32.7 Å². The Kier molecular flexibility index (Phi) is 6.50. The summed E-state index contributed by atoms with van der Waals surface area (Å²) in [5.74, 6) is -0.894. The minimum absolute atomic E-state index is 0.0274. The summed E-state index contributed by atoms with van der Waals surface area (Å²) in [4.78, 5) is 26.9. The molecule has 1 aromatic heterocycles. The molecule has 10 nitrogen and oxygen atoms in total. The maximum atomic E-state index is 13.4. The summed E-state index contributed by atoms with van der Waals surface area (Å²) in [6.07, 6.45) is 1.37. The van der Waals surface area contributed by atoms with E-state index in [9.17, 15) is 18.0 Å². The van der Waals surface area contributed by atoms with Gasteiger partial charge < -0.3 is 19.5 Å². The smallest absolute Gasteiger partial charge is 0.359 e. The molecule has 3 rings (SSSR count). The minimum Gasteiger partial charge on any atom is -0.461 e. The largest absolute Gasteiger partial charge is 0.461 e. The van der Waals surface area contributed by atoms with Gasteiger partial charge in [-0.25, -0.2) is 13.2 Å². The molecule has 1 fully saturated rings. The average Bonchev–Trinajstić information content (AvgIpc) is 3.41. The zero-order valence-electron chi connectivity index (χ0n) is 18.5. The van der Waals surface area contributed by atoms with Crippen molar-refractivity contribution in [3.8, 4) is 0 Å². The van der Waals surface area contributed by atoms with Crippen LogP contribution < -0.4 is 0 Å². The number of aliphatic hydroxyl groups excluding tert-OH is 1. The van der Waals surface area contributed by atoms with Crippen LogP contribution in [0.5, 0.6) is 0 Å². The number of aryl methyl sites for hydroxylation is 1. The highest BCUT2D eigenvalue weighted by Gasteiger charge is 2.61. The molecule has 31 heavy (non-hydrogen) atoms. The monoisotopic (exact) mass is 457 g/mol. The van der Waals surface area contributed by atoms with Gasteiger partial charge >= 0.3 is 5.97 Å². The number of amides is 1. The van der Waals surface area contributed by atoms with E-state index in [0.29, 0.717) is 37.1 Å². The lowest BCUT2D eigenvalue weighted by Gasteiger charge is -2.35. The molecule has 0 radical (unpaired) electrons. The third kappa shape index (κ3) is 4.10. The number of carbonyl (C=O) groups excluding carboxylic acids is 2. The molecular weight excluding hydrogens is 426 g/mol. The van der Waals surface area contributed by atoms with Crippen molar-refractivity contribution in [1.82, 2.24) is 14.7 Å². The van der Waals surface area contributed by atoms with Crippen molar-refractivity contribution in [2.45, 2.75) is 49.5 Å². The summed E-state index contributed by atoms with van der Waals surface area (Å²) in [6, 6.07) is 0. The number of hydrogen-bond donors (Lipinski definition) is 1. The molecule has 1 N–H and O–H groups in total. The number of sulfone groups is 1. The number of esters is 1. The Bertz CT molecular complexity index is 964. The van der Waals surface area contributed by atoms with E-state index in [0.717, 1.165) is 0 Å². The highest BCUT2D eigenvalue weighted by molar-refractivity contribution is 7.94. The zero-order valence-corrected chi connectivity index (χ0v) is 19.3. The number of rotatable bonds is 10. The Hall–Kier alpha value is -1.98. The summed E-state index contributed by atoms with van der Waals surface area (Å²) in [5, 5.41) is 13.1. The first-order valence-corrected chi connectivity index (χ1v) is 11.9. The fourth-order valence-electron chi connectivity index (χ4n) is 4.13. The summed E-state index contributed by atoms with van der Waals surface area (Å²) in [6.45, 7) is 5.41. The number of ether oxygens (including phenoxy) is 2. The van der Waals surface area contributed by atoms with Gasteiger partial charge in [0.1, 0.15) is 5.69 Å². The summed E-state index contributed by atoms with van der Waals surface area (Å²) < 4.78 is 36.4. The molecule has 2 heterocycles. The second-order valence-corrected chi connectivity index (χ2v) is 11.7. The number of fused-ring (bicyclic) bond motifs is 1. The molecule has 1 saturated carbocycles. The highest BCUT2D eigenvalue weighted by Crippen LogP contribution is 2.49. The van der Waals surface area contributed by atoms with Gasteiger partial charge in [-0.05, 0) is 40.0 Å². The van der Waals surface area contributed by atoms with Crippen molar-refractivity contribution in [1.29, 1.82) is 0 Å². The van der Waals surface area contributed by atoms with Crippen LogP contribution in [0.25, 0.3) is 0 Å². The Balaban J connectivity index is 1.81. The van der Waals surface area contributed by atoms with Crippen molar-refractivity contribution in [2.24, 2.45) is 7.05 Å².